The summed E-state index contributed by atoms with van der Waals surface area (Å²) in [6.45, 7) is 16.1. The number of hydrogen-bond acceptors (Lipinski definition) is 13. The fourth-order valence-corrected chi connectivity index (χ4v) is 14.0. The molecule has 54 heavy (non-hydrogen) atoms. The molecule has 9 N–H and O–H groups in total. The van der Waals surface area contributed by atoms with Gasteiger partial charge in [0.05, 0.1) is 42.7 Å². The van der Waals surface area contributed by atoms with Gasteiger partial charge < -0.3 is 64.9 Å². The molecule has 7 aliphatic rings. The van der Waals surface area contributed by atoms with Crippen LogP contribution in [-0.2, 0) is 18.9 Å². The van der Waals surface area contributed by atoms with Crippen molar-refractivity contribution in [3.05, 3.63) is 0 Å². The van der Waals surface area contributed by atoms with Crippen LogP contribution < -0.4 is 0 Å². The highest BCUT2D eigenvalue weighted by Gasteiger charge is 2.86. The lowest BCUT2D eigenvalue weighted by molar-refractivity contribution is -0.327. The van der Waals surface area contributed by atoms with Gasteiger partial charge in [0.1, 0.15) is 36.6 Å². The lowest BCUT2D eigenvalue weighted by atomic mass is 9.40. The quantitative estimate of drug-likeness (QED) is 0.152. The number of fused-ring (bicyclic) bond motifs is 2. The molecule has 0 aromatic rings. The number of aliphatic hydroxyl groups is 9. The molecule has 5 saturated carbocycles. The van der Waals surface area contributed by atoms with Crippen LogP contribution in [0.5, 0.6) is 0 Å². The van der Waals surface area contributed by atoms with Gasteiger partial charge in [-0.1, -0.05) is 34.6 Å². The Balaban J connectivity index is 1.06. The Bertz CT molecular complexity index is 1370. The minimum absolute atomic E-state index is 0.0280. The van der Waals surface area contributed by atoms with E-state index in [-0.39, 0.29) is 46.0 Å². The van der Waals surface area contributed by atoms with Gasteiger partial charge in [-0.3, -0.25) is 0 Å². The van der Waals surface area contributed by atoms with E-state index in [9.17, 15) is 46.0 Å². The minimum atomic E-state index is -1.44. The first kappa shape index (κ1) is 41.6. The number of aliphatic hydroxyl groups excluding tert-OH is 8. The van der Waals surface area contributed by atoms with Crippen molar-refractivity contribution in [2.75, 3.05) is 6.61 Å². The first-order valence-corrected chi connectivity index (χ1v) is 20.7. The van der Waals surface area contributed by atoms with Crippen LogP contribution in [0.2, 0.25) is 0 Å². The Hall–Kier alpha value is -0.520. The second kappa shape index (κ2) is 13.8. The van der Waals surface area contributed by atoms with Crippen molar-refractivity contribution in [2.24, 2.45) is 50.7 Å². The third kappa shape index (κ3) is 5.95. The third-order valence-corrected chi connectivity index (χ3v) is 17.3. The van der Waals surface area contributed by atoms with Crippen LogP contribution in [0.3, 0.4) is 0 Å². The van der Waals surface area contributed by atoms with E-state index in [1.165, 1.54) is 0 Å². The largest absolute Gasteiger partial charge is 0.393 e. The van der Waals surface area contributed by atoms with Crippen molar-refractivity contribution >= 4 is 0 Å². The molecule has 0 amide bonds. The SMILES string of the molecule is CC1OC(O[C@H]2C[C@H](O)[C@]34C[C@]35CC[C@]3(C)C([C@H](C)CC[C@H](OC6OCC(O)C(O)C6O)C(C)(C)O)CC[C@@]3(C)C5C(O)CC4C2(C)C)C(O)C(O)C1O. The van der Waals surface area contributed by atoms with E-state index < -0.39 is 90.7 Å². The molecule has 2 heterocycles. The van der Waals surface area contributed by atoms with Crippen molar-refractivity contribution in [3.63, 3.8) is 0 Å². The highest BCUT2D eigenvalue weighted by atomic mass is 16.7. The summed E-state index contributed by atoms with van der Waals surface area (Å²) in [7, 11) is 0. The lowest BCUT2D eigenvalue weighted by Gasteiger charge is -2.65. The predicted molar refractivity (Wildman–Crippen MR) is 194 cm³/mol. The molecule has 5 aliphatic carbocycles. The second-order valence-corrected chi connectivity index (χ2v) is 20.6. The molecule has 2 aliphatic heterocycles. The fraction of sp³-hybridized carbons (Fsp3) is 1.00. The van der Waals surface area contributed by atoms with Gasteiger partial charge in [0, 0.05) is 11.8 Å². The van der Waals surface area contributed by atoms with Crippen molar-refractivity contribution in [3.8, 4) is 0 Å². The molecular formula is C41H70O13. The van der Waals surface area contributed by atoms with Crippen molar-refractivity contribution < 1.29 is 64.9 Å². The van der Waals surface area contributed by atoms with Gasteiger partial charge in [-0.25, -0.2) is 0 Å². The molecule has 13 heteroatoms. The molecule has 13 unspecified atom stereocenters. The third-order valence-electron chi connectivity index (χ3n) is 17.3. The minimum Gasteiger partial charge on any atom is -0.393 e. The van der Waals surface area contributed by atoms with E-state index in [4.69, 9.17) is 18.9 Å². The van der Waals surface area contributed by atoms with E-state index in [2.05, 4.69) is 34.6 Å². The van der Waals surface area contributed by atoms with Crippen LogP contribution in [-0.4, -0.2) is 138 Å². The predicted octanol–water partition coefficient (Wildman–Crippen LogP) is 1.59. The number of rotatable bonds is 9. The molecule has 312 valence electrons. The molecule has 0 aromatic heterocycles. The van der Waals surface area contributed by atoms with Gasteiger partial charge in [-0.05, 0) is 117 Å². The summed E-state index contributed by atoms with van der Waals surface area (Å²) in [6.07, 6.45) is -6.66. The average Bonchev–Trinajstić information content (AvgIpc) is 3.69. The van der Waals surface area contributed by atoms with E-state index in [0.29, 0.717) is 25.2 Å². The van der Waals surface area contributed by atoms with Crippen LogP contribution in [0.4, 0.5) is 0 Å². The average molecular weight is 771 g/mol. The van der Waals surface area contributed by atoms with E-state index in [1.807, 2.05) is 0 Å². The molecule has 7 rings (SSSR count). The molecule has 7 fully saturated rings. The van der Waals surface area contributed by atoms with Gasteiger partial charge in [0.25, 0.3) is 0 Å². The Labute approximate surface area is 320 Å². The summed E-state index contributed by atoms with van der Waals surface area (Å²) < 4.78 is 23.8. The van der Waals surface area contributed by atoms with Crippen LogP contribution in [0, 0.1) is 50.7 Å². The van der Waals surface area contributed by atoms with Crippen molar-refractivity contribution in [1.29, 1.82) is 0 Å². The summed E-state index contributed by atoms with van der Waals surface area (Å²) in [6, 6.07) is 0. The van der Waals surface area contributed by atoms with Crippen LogP contribution in [0.1, 0.15) is 113 Å². The summed E-state index contributed by atoms with van der Waals surface area (Å²) >= 11 is 0. The van der Waals surface area contributed by atoms with Crippen molar-refractivity contribution in [2.45, 2.75) is 199 Å². The van der Waals surface area contributed by atoms with E-state index in [0.717, 1.165) is 38.5 Å². The van der Waals surface area contributed by atoms with Crippen LogP contribution in [0.15, 0.2) is 0 Å². The summed E-state index contributed by atoms with van der Waals surface area (Å²) in [4.78, 5) is 0. The summed E-state index contributed by atoms with van der Waals surface area (Å²) in [5, 5.41) is 97.7. The smallest absolute Gasteiger partial charge is 0.186 e. The lowest BCUT2D eigenvalue weighted by Crippen LogP contribution is -2.65. The van der Waals surface area contributed by atoms with E-state index >= 15 is 0 Å². The van der Waals surface area contributed by atoms with Crippen molar-refractivity contribution in [1.82, 2.24) is 0 Å². The second-order valence-electron chi connectivity index (χ2n) is 20.6. The molecule has 0 bridgehead atoms. The molecule has 13 nitrogen and oxygen atoms in total. The van der Waals surface area contributed by atoms with Gasteiger partial charge >= 0.3 is 0 Å². The molecule has 21 atom stereocenters. The maximum atomic E-state index is 12.4. The normalized spacial score (nSPS) is 55.2. The zero-order valence-corrected chi connectivity index (χ0v) is 33.5. The molecule has 2 spiro atoms. The molecule has 2 saturated heterocycles. The Morgan fingerprint density at radius 1 is 0.778 bits per heavy atom. The topological polar surface area (TPSA) is 219 Å². The zero-order valence-electron chi connectivity index (χ0n) is 33.5. The van der Waals surface area contributed by atoms with Gasteiger partial charge in [0.2, 0.25) is 0 Å². The summed E-state index contributed by atoms with van der Waals surface area (Å²) in [5.41, 5.74) is -2.50. The van der Waals surface area contributed by atoms with E-state index in [1.54, 1.807) is 20.8 Å². The van der Waals surface area contributed by atoms with Gasteiger partial charge in [-0.15, -0.1) is 0 Å². The molecule has 0 radical (unpaired) electrons. The maximum absolute atomic E-state index is 12.4. The Morgan fingerprint density at radius 2 is 1.44 bits per heavy atom. The first-order valence-electron chi connectivity index (χ1n) is 20.7. The highest BCUT2D eigenvalue weighted by molar-refractivity contribution is 5.34. The summed E-state index contributed by atoms with van der Waals surface area (Å²) in [5.74, 6) is 0.624. The maximum Gasteiger partial charge on any atom is 0.186 e. The molecular weight excluding hydrogens is 700 g/mol. The Morgan fingerprint density at radius 3 is 2.11 bits per heavy atom. The van der Waals surface area contributed by atoms with Gasteiger partial charge in [-0.2, -0.15) is 0 Å². The van der Waals surface area contributed by atoms with Crippen LogP contribution in [0.25, 0.3) is 0 Å². The zero-order chi connectivity index (χ0) is 39.7. The van der Waals surface area contributed by atoms with Gasteiger partial charge in [0.15, 0.2) is 12.6 Å². The van der Waals surface area contributed by atoms with Crippen LogP contribution >= 0.6 is 0 Å². The fourth-order valence-electron chi connectivity index (χ4n) is 14.0. The monoisotopic (exact) mass is 770 g/mol. The molecule has 0 aromatic carbocycles. The number of ether oxygens (including phenoxy) is 4. The number of hydrogen-bond donors (Lipinski definition) is 9. The Kier molecular flexibility index (Phi) is 10.6. The highest BCUT2D eigenvalue weighted by Crippen LogP contribution is 2.89. The first-order chi connectivity index (χ1) is 25.0. The standard InChI is InChI=1S/C41H70O13/c1-19(9-10-26(37(5,6)50)53-34-31(48)29(46)23(43)17-51-34)21-11-12-39(8)33-22(42)15-24-36(3,4)27(54-35-32(49)30(47)28(45)20(2)52-35)16-25(44)41(24)18-40(33,41)14-13-38(21,39)7/h19-35,42-50H,9-18H2,1-8H3/t19-,20?,21?,22?,23?,24?,25+,26+,27+,28?,29?,30?,31?,32?,33?,34?,35?,38-,39+,40+,41-/m1/s1.